The summed E-state index contributed by atoms with van der Waals surface area (Å²) in [5, 5.41) is 3.97. The molecule has 1 aromatic heterocycles. The Morgan fingerprint density at radius 1 is 1.39 bits per heavy atom. The fourth-order valence-corrected chi connectivity index (χ4v) is 2.57. The number of halogens is 2. The number of thiazole rings is 1. The van der Waals surface area contributed by atoms with Crippen molar-refractivity contribution in [3.63, 3.8) is 0 Å². The lowest BCUT2D eigenvalue weighted by atomic mass is 10.2. The van der Waals surface area contributed by atoms with E-state index in [2.05, 4.69) is 10.3 Å². The fraction of sp³-hybridized carbons (Fsp3) is 0.0909. The van der Waals surface area contributed by atoms with Crippen LogP contribution in [0.1, 0.15) is 11.0 Å². The van der Waals surface area contributed by atoms with Crippen LogP contribution in [0.5, 0.6) is 0 Å². The molecule has 0 fully saturated rings. The van der Waals surface area contributed by atoms with Gasteiger partial charge in [-0.05, 0) is 12.1 Å². The molecule has 2 rings (SSSR count). The summed E-state index contributed by atoms with van der Waals surface area (Å²) in [6, 6.07) is 6.33. The zero-order chi connectivity index (χ0) is 13.1. The number of nitrogens with two attached hydrogens (primary N) is 1. The van der Waals surface area contributed by atoms with Crippen molar-refractivity contribution in [2.45, 2.75) is 6.04 Å². The molecular weight excluding hydrogens is 293 g/mol. The Morgan fingerprint density at radius 3 is 2.67 bits per heavy atom. The minimum atomic E-state index is -0.748. The molecule has 0 aliphatic heterocycles. The van der Waals surface area contributed by atoms with Crippen molar-refractivity contribution in [3.8, 4) is 0 Å². The summed E-state index contributed by atoms with van der Waals surface area (Å²) in [4.78, 5) is 15.5. The highest BCUT2D eigenvalue weighted by atomic mass is 35.5. The van der Waals surface area contributed by atoms with Gasteiger partial charge in [-0.15, -0.1) is 11.3 Å². The molecule has 0 spiro atoms. The molecule has 1 heterocycles. The van der Waals surface area contributed by atoms with Crippen molar-refractivity contribution in [1.29, 1.82) is 0 Å². The summed E-state index contributed by atoms with van der Waals surface area (Å²) < 4.78 is 0.497. The largest absolute Gasteiger partial charge is 0.368 e. The van der Waals surface area contributed by atoms with E-state index in [4.69, 9.17) is 28.9 Å². The molecular formula is C11H9Cl2N3OS. The van der Waals surface area contributed by atoms with E-state index in [1.165, 1.54) is 17.5 Å². The minimum Gasteiger partial charge on any atom is -0.368 e. The van der Waals surface area contributed by atoms with Gasteiger partial charge in [0, 0.05) is 0 Å². The maximum Gasteiger partial charge on any atom is 0.247 e. The van der Waals surface area contributed by atoms with E-state index in [0.29, 0.717) is 20.1 Å². The molecule has 3 N–H and O–H groups in total. The van der Waals surface area contributed by atoms with Crippen LogP contribution in [-0.2, 0) is 4.79 Å². The third-order valence-corrected chi connectivity index (χ3v) is 3.71. The van der Waals surface area contributed by atoms with E-state index < -0.39 is 11.9 Å². The highest BCUT2D eigenvalue weighted by Gasteiger charge is 2.21. The predicted octanol–water partition coefficient (Wildman–Crippen LogP) is 3.09. The zero-order valence-corrected chi connectivity index (χ0v) is 11.4. The van der Waals surface area contributed by atoms with Gasteiger partial charge in [0.05, 0.1) is 16.9 Å². The van der Waals surface area contributed by atoms with E-state index in [9.17, 15) is 4.79 Å². The summed E-state index contributed by atoms with van der Waals surface area (Å²) in [6.45, 7) is 0. The van der Waals surface area contributed by atoms with Gasteiger partial charge in [0.15, 0.2) is 6.04 Å². The molecule has 1 amide bonds. The van der Waals surface area contributed by atoms with Crippen molar-refractivity contribution in [3.05, 3.63) is 44.8 Å². The molecule has 0 aliphatic rings. The van der Waals surface area contributed by atoms with Crippen LogP contribution in [0.15, 0.2) is 30.5 Å². The minimum absolute atomic E-state index is 0.497. The summed E-state index contributed by atoms with van der Waals surface area (Å²) in [7, 11) is 0. The molecule has 1 aromatic carbocycles. The monoisotopic (exact) mass is 301 g/mol. The van der Waals surface area contributed by atoms with E-state index >= 15 is 0 Å². The number of primary amides is 1. The van der Waals surface area contributed by atoms with Gasteiger partial charge in [0.1, 0.15) is 9.34 Å². The smallest absolute Gasteiger partial charge is 0.247 e. The highest BCUT2D eigenvalue weighted by molar-refractivity contribution is 7.16. The molecule has 1 unspecified atom stereocenters. The Kier molecular flexibility index (Phi) is 4.06. The molecule has 94 valence electrons. The Hall–Kier alpha value is -1.30. The van der Waals surface area contributed by atoms with Crippen LogP contribution in [0.4, 0.5) is 5.69 Å². The number of anilines is 1. The first-order valence-electron chi connectivity index (χ1n) is 4.99. The summed E-state index contributed by atoms with van der Waals surface area (Å²) in [5.74, 6) is -0.541. The fourth-order valence-electron chi connectivity index (χ4n) is 1.39. The number of hydrogen-bond donors (Lipinski definition) is 2. The Morgan fingerprint density at radius 2 is 2.11 bits per heavy atom. The van der Waals surface area contributed by atoms with Crippen molar-refractivity contribution in [2.24, 2.45) is 5.73 Å². The first kappa shape index (κ1) is 13.1. The van der Waals surface area contributed by atoms with Crippen LogP contribution < -0.4 is 11.1 Å². The van der Waals surface area contributed by atoms with Crippen LogP contribution in [-0.4, -0.2) is 10.9 Å². The van der Waals surface area contributed by atoms with Crippen LogP contribution in [0.2, 0.25) is 9.36 Å². The zero-order valence-electron chi connectivity index (χ0n) is 9.06. The number of carbonyl (C=O) groups is 1. The number of nitrogens with zero attached hydrogens (tertiary/aromatic N) is 1. The third kappa shape index (κ3) is 2.93. The summed E-state index contributed by atoms with van der Waals surface area (Å²) in [5.41, 5.74) is 5.97. The van der Waals surface area contributed by atoms with Crippen LogP contribution in [0.25, 0.3) is 0 Å². The molecule has 0 saturated carbocycles. The maximum atomic E-state index is 11.5. The third-order valence-electron chi connectivity index (χ3n) is 2.20. The first-order chi connectivity index (χ1) is 8.58. The molecule has 4 nitrogen and oxygen atoms in total. The van der Waals surface area contributed by atoms with E-state index in [1.54, 1.807) is 24.3 Å². The number of nitrogens with one attached hydrogen (secondary N) is 1. The average Bonchev–Trinajstić information content (AvgIpc) is 2.74. The predicted molar refractivity (Wildman–Crippen MR) is 74.1 cm³/mol. The quantitative estimate of drug-likeness (QED) is 0.912. The van der Waals surface area contributed by atoms with E-state index in [-0.39, 0.29) is 0 Å². The molecule has 2 aromatic rings. The van der Waals surface area contributed by atoms with Gasteiger partial charge in [-0.25, -0.2) is 4.98 Å². The van der Waals surface area contributed by atoms with Gasteiger partial charge in [-0.1, -0.05) is 35.3 Å². The molecule has 1 atom stereocenters. The van der Waals surface area contributed by atoms with Gasteiger partial charge in [-0.3, -0.25) is 4.79 Å². The van der Waals surface area contributed by atoms with Crippen LogP contribution in [0.3, 0.4) is 0 Å². The second kappa shape index (κ2) is 5.56. The lowest BCUT2D eigenvalue weighted by Crippen LogP contribution is -2.27. The second-order valence-corrected chi connectivity index (χ2v) is 5.56. The second-order valence-electron chi connectivity index (χ2n) is 3.46. The number of para-hydroxylation sites is 1. The van der Waals surface area contributed by atoms with Crippen molar-refractivity contribution in [2.75, 3.05) is 5.32 Å². The number of carbonyl (C=O) groups excluding carboxylic acids is 1. The summed E-state index contributed by atoms with van der Waals surface area (Å²) in [6.07, 6.45) is 1.48. The highest BCUT2D eigenvalue weighted by Crippen LogP contribution is 2.29. The van der Waals surface area contributed by atoms with Gasteiger partial charge >= 0.3 is 0 Å². The van der Waals surface area contributed by atoms with Crippen LogP contribution in [0, 0.1) is 0 Å². The lowest BCUT2D eigenvalue weighted by Gasteiger charge is -2.15. The number of hydrogen-bond acceptors (Lipinski definition) is 4. The van der Waals surface area contributed by atoms with Gasteiger partial charge in [0.25, 0.3) is 0 Å². The molecule has 0 aliphatic carbocycles. The lowest BCUT2D eigenvalue weighted by molar-refractivity contribution is -0.118. The van der Waals surface area contributed by atoms with Crippen molar-refractivity contribution >= 4 is 46.1 Å². The topological polar surface area (TPSA) is 68.0 Å². The SMILES string of the molecule is NC(=O)C(Nc1ccccc1Cl)c1ncc(Cl)s1. The number of rotatable bonds is 4. The number of benzene rings is 1. The molecule has 0 bridgehead atoms. The number of amides is 1. The van der Waals surface area contributed by atoms with E-state index in [1.807, 2.05) is 0 Å². The van der Waals surface area contributed by atoms with Crippen LogP contribution >= 0.6 is 34.5 Å². The molecule has 7 heteroatoms. The van der Waals surface area contributed by atoms with E-state index in [0.717, 1.165) is 0 Å². The Labute approximate surface area is 118 Å². The molecule has 0 radical (unpaired) electrons. The van der Waals surface area contributed by atoms with Crippen molar-refractivity contribution < 1.29 is 4.79 Å². The maximum absolute atomic E-state index is 11.5. The normalized spacial score (nSPS) is 12.1. The van der Waals surface area contributed by atoms with Crippen molar-refractivity contribution in [1.82, 2.24) is 4.98 Å². The Balaban J connectivity index is 2.28. The summed E-state index contributed by atoms with van der Waals surface area (Å²) >= 11 is 13.0. The number of aromatic nitrogens is 1. The standard InChI is InChI=1S/C11H9Cl2N3OS/c12-6-3-1-2-4-7(6)16-9(10(14)17)11-15-5-8(13)18-11/h1-5,9,16H,(H2,14,17). The van der Waals surface area contributed by atoms with Gasteiger partial charge in [-0.2, -0.15) is 0 Å². The first-order valence-corrected chi connectivity index (χ1v) is 6.57. The average molecular weight is 302 g/mol. The molecule has 18 heavy (non-hydrogen) atoms. The molecule has 0 saturated heterocycles. The Bertz CT molecular complexity index is 573. The van der Waals surface area contributed by atoms with Gasteiger partial charge in [0.2, 0.25) is 5.91 Å². The van der Waals surface area contributed by atoms with Gasteiger partial charge < -0.3 is 11.1 Å².